The Morgan fingerprint density at radius 3 is 2.83 bits per heavy atom. The summed E-state index contributed by atoms with van der Waals surface area (Å²) in [6, 6.07) is 5.96. The summed E-state index contributed by atoms with van der Waals surface area (Å²) in [6.07, 6.45) is 1.39. The monoisotopic (exact) mass is 269 g/mol. The van der Waals surface area contributed by atoms with E-state index in [9.17, 15) is 0 Å². The maximum absolute atomic E-state index is 6.10. The summed E-state index contributed by atoms with van der Waals surface area (Å²) >= 11 is 6.10. The average Bonchev–Trinajstić information content (AvgIpc) is 2.77. The lowest BCUT2D eigenvalue weighted by molar-refractivity contribution is 0.117. The highest BCUT2D eigenvalue weighted by atomic mass is 35.5. The molecule has 0 saturated carbocycles. The van der Waals surface area contributed by atoms with Gasteiger partial charge in [0, 0.05) is 22.5 Å². The van der Waals surface area contributed by atoms with Gasteiger partial charge in [-0.3, -0.25) is 0 Å². The van der Waals surface area contributed by atoms with Crippen molar-refractivity contribution < 1.29 is 9.47 Å². The van der Waals surface area contributed by atoms with Gasteiger partial charge < -0.3 is 14.8 Å². The number of methoxy groups -OCH3 is 1. The number of benzene rings is 1. The molecule has 4 heteroatoms. The first-order valence-corrected chi connectivity index (χ1v) is 6.65. The van der Waals surface area contributed by atoms with Gasteiger partial charge in [0.1, 0.15) is 5.75 Å². The van der Waals surface area contributed by atoms with Gasteiger partial charge in [-0.2, -0.15) is 0 Å². The summed E-state index contributed by atoms with van der Waals surface area (Å²) < 4.78 is 11.1. The van der Waals surface area contributed by atoms with Crippen LogP contribution in [0.4, 0.5) is 0 Å². The van der Waals surface area contributed by atoms with E-state index in [1.165, 1.54) is 0 Å². The number of rotatable bonds is 4. The summed E-state index contributed by atoms with van der Waals surface area (Å²) in [4.78, 5) is 0. The zero-order valence-electron chi connectivity index (χ0n) is 11.1. The Morgan fingerprint density at radius 2 is 2.28 bits per heavy atom. The van der Waals surface area contributed by atoms with Gasteiger partial charge in [-0.15, -0.1) is 0 Å². The van der Waals surface area contributed by atoms with Crippen LogP contribution in [0.3, 0.4) is 0 Å². The molecule has 1 N–H and O–H groups in total. The Hall–Kier alpha value is -0.770. The third-order valence-corrected chi connectivity index (χ3v) is 3.77. The lowest BCUT2D eigenvalue weighted by Gasteiger charge is -2.24. The molecule has 1 aromatic carbocycles. The molecule has 1 saturated heterocycles. The average molecular weight is 270 g/mol. The number of hydrogen-bond donors (Lipinski definition) is 1. The topological polar surface area (TPSA) is 30.5 Å². The molecule has 1 fully saturated rings. The Balaban J connectivity index is 2.29. The summed E-state index contributed by atoms with van der Waals surface area (Å²) in [7, 11) is 3.65. The number of hydrogen-bond acceptors (Lipinski definition) is 3. The summed E-state index contributed by atoms with van der Waals surface area (Å²) in [6.45, 7) is 2.89. The highest BCUT2D eigenvalue weighted by Gasteiger charge is 2.31. The smallest absolute Gasteiger partial charge is 0.123 e. The van der Waals surface area contributed by atoms with Crippen molar-refractivity contribution in [1.82, 2.24) is 5.32 Å². The molecular weight excluding hydrogens is 250 g/mol. The van der Waals surface area contributed by atoms with Crippen LogP contribution < -0.4 is 10.1 Å². The van der Waals surface area contributed by atoms with Gasteiger partial charge in [-0.25, -0.2) is 0 Å². The van der Waals surface area contributed by atoms with Crippen LogP contribution in [-0.4, -0.2) is 26.9 Å². The van der Waals surface area contributed by atoms with E-state index >= 15 is 0 Å². The van der Waals surface area contributed by atoms with E-state index in [0.717, 1.165) is 29.4 Å². The van der Waals surface area contributed by atoms with E-state index in [1.807, 2.05) is 25.2 Å². The van der Waals surface area contributed by atoms with E-state index < -0.39 is 0 Å². The molecule has 0 bridgehead atoms. The molecule has 0 amide bonds. The van der Waals surface area contributed by atoms with Gasteiger partial charge >= 0.3 is 0 Å². The van der Waals surface area contributed by atoms with E-state index in [2.05, 4.69) is 12.2 Å². The lowest BCUT2D eigenvalue weighted by Crippen LogP contribution is -2.26. The van der Waals surface area contributed by atoms with Crippen LogP contribution in [0.1, 0.15) is 24.9 Å². The summed E-state index contributed by atoms with van der Waals surface area (Å²) in [5.41, 5.74) is 1.11. The SMILES string of the molecule is CNC(c1cc(Cl)ccc1OC)C1COC(C)C1. The van der Waals surface area contributed by atoms with E-state index in [-0.39, 0.29) is 6.04 Å². The largest absolute Gasteiger partial charge is 0.496 e. The number of ether oxygens (including phenoxy) is 2. The fourth-order valence-electron chi connectivity index (χ4n) is 2.68. The van der Waals surface area contributed by atoms with E-state index in [0.29, 0.717) is 12.0 Å². The van der Waals surface area contributed by atoms with Crippen molar-refractivity contribution in [3.63, 3.8) is 0 Å². The zero-order valence-corrected chi connectivity index (χ0v) is 11.8. The first-order valence-electron chi connectivity index (χ1n) is 6.28. The Morgan fingerprint density at radius 1 is 1.50 bits per heavy atom. The Bertz CT molecular complexity index is 411. The van der Waals surface area contributed by atoms with Gasteiger partial charge in [0.2, 0.25) is 0 Å². The Kier molecular flexibility index (Phi) is 4.49. The van der Waals surface area contributed by atoms with E-state index in [4.69, 9.17) is 21.1 Å². The highest BCUT2D eigenvalue weighted by molar-refractivity contribution is 6.30. The van der Waals surface area contributed by atoms with Crippen LogP contribution in [-0.2, 0) is 4.74 Å². The standard InChI is InChI=1S/C14H20ClNO2/c1-9-6-10(8-18-9)14(16-2)12-7-11(15)4-5-13(12)17-3/h4-5,7,9-10,14,16H,6,8H2,1-3H3. The van der Waals surface area contributed by atoms with Crippen LogP contribution >= 0.6 is 11.6 Å². The first kappa shape index (κ1) is 13.7. The van der Waals surface area contributed by atoms with Crippen molar-refractivity contribution in [2.45, 2.75) is 25.5 Å². The van der Waals surface area contributed by atoms with E-state index in [1.54, 1.807) is 7.11 Å². The molecule has 1 aromatic rings. The molecule has 0 aliphatic carbocycles. The highest BCUT2D eigenvalue weighted by Crippen LogP contribution is 2.36. The number of nitrogens with one attached hydrogen (secondary N) is 1. The van der Waals surface area contributed by atoms with Crippen molar-refractivity contribution in [1.29, 1.82) is 0 Å². The molecule has 0 aromatic heterocycles. The molecule has 3 unspecified atom stereocenters. The predicted molar refractivity (Wildman–Crippen MR) is 73.3 cm³/mol. The normalized spacial score (nSPS) is 25.1. The number of halogens is 1. The van der Waals surface area contributed by atoms with Gasteiger partial charge in [-0.1, -0.05) is 11.6 Å². The zero-order chi connectivity index (χ0) is 13.1. The van der Waals surface area contributed by atoms with Crippen molar-refractivity contribution >= 4 is 11.6 Å². The molecule has 0 radical (unpaired) electrons. The molecule has 3 nitrogen and oxygen atoms in total. The minimum atomic E-state index is 0.212. The second-order valence-corrected chi connectivity index (χ2v) is 5.23. The fourth-order valence-corrected chi connectivity index (χ4v) is 2.86. The lowest BCUT2D eigenvalue weighted by atomic mass is 9.90. The predicted octanol–water partition coefficient (Wildman–Crippen LogP) is 3.03. The molecule has 1 heterocycles. The second-order valence-electron chi connectivity index (χ2n) is 4.79. The van der Waals surface area contributed by atoms with Crippen LogP contribution in [0.5, 0.6) is 5.75 Å². The molecule has 2 rings (SSSR count). The minimum absolute atomic E-state index is 0.212. The molecule has 3 atom stereocenters. The van der Waals surface area contributed by atoms with Crippen molar-refractivity contribution in [3.05, 3.63) is 28.8 Å². The minimum Gasteiger partial charge on any atom is -0.496 e. The third-order valence-electron chi connectivity index (χ3n) is 3.54. The first-order chi connectivity index (χ1) is 8.65. The molecule has 0 spiro atoms. The molecule has 18 heavy (non-hydrogen) atoms. The van der Waals surface area contributed by atoms with Gasteiger partial charge in [0.15, 0.2) is 0 Å². The third kappa shape index (κ3) is 2.79. The van der Waals surface area contributed by atoms with Crippen molar-refractivity contribution in [2.24, 2.45) is 5.92 Å². The maximum Gasteiger partial charge on any atom is 0.123 e. The van der Waals surface area contributed by atoms with Crippen LogP contribution in [0.2, 0.25) is 5.02 Å². The van der Waals surface area contributed by atoms with Gasteiger partial charge in [0.25, 0.3) is 0 Å². The molecule has 100 valence electrons. The van der Waals surface area contributed by atoms with Crippen molar-refractivity contribution in [2.75, 3.05) is 20.8 Å². The maximum atomic E-state index is 6.10. The summed E-state index contributed by atoms with van der Waals surface area (Å²) in [5.74, 6) is 1.33. The molecule has 1 aliphatic rings. The Labute approximate surface area is 113 Å². The van der Waals surface area contributed by atoms with Crippen LogP contribution in [0.15, 0.2) is 18.2 Å². The fraction of sp³-hybridized carbons (Fsp3) is 0.571. The second kappa shape index (κ2) is 5.91. The molecular formula is C14H20ClNO2. The van der Waals surface area contributed by atoms with Crippen LogP contribution in [0.25, 0.3) is 0 Å². The van der Waals surface area contributed by atoms with Gasteiger partial charge in [-0.05, 0) is 38.6 Å². The van der Waals surface area contributed by atoms with Gasteiger partial charge in [0.05, 0.1) is 19.8 Å². The van der Waals surface area contributed by atoms with Crippen LogP contribution in [0, 0.1) is 5.92 Å². The molecule has 1 aliphatic heterocycles. The van der Waals surface area contributed by atoms with Crippen molar-refractivity contribution in [3.8, 4) is 5.75 Å². The summed E-state index contributed by atoms with van der Waals surface area (Å²) in [5, 5.41) is 4.10. The quantitative estimate of drug-likeness (QED) is 0.911.